The van der Waals surface area contributed by atoms with Crippen molar-refractivity contribution in [2.24, 2.45) is 7.05 Å². The van der Waals surface area contributed by atoms with Gasteiger partial charge in [-0.1, -0.05) is 6.42 Å². The minimum absolute atomic E-state index is 0.244. The zero-order chi connectivity index (χ0) is 14.1. The van der Waals surface area contributed by atoms with Crippen molar-refractivity contribution >= 4 is 5.78 Å². The van der Waals surface area contributed by atoms with Gasteiger partial charge < -0.3 is 4.57 Å². The zero-order valence-electron chi connectivity index (χ0n) is 12.6. The lowest BCUT2D eigenvalue weighted by Gasteiger charge is -2.47. The van der Waals surface area contributed by atoms with Gasteiger partial charge in [0, 0.05) is 38.4 Å². The van der Waals surface area contributed by atoms with Gasteiger partial charge in [0.2, 0.25) is 0 Å². The third-order valence-corrected chi connectivity index (χ3v) is 4.89. The number of nitrogens with zero attached hydrogens (tertiary/aromatic N) is 3. The lowest BCUT2D eigenvalue weighted by atomic mass is 9.97. The number of fused-ring (bicyclic) bond motifs is 1. The van der Waals surface area contributed by atoms with Gasteiger partial charge in [0.05, 0.1) is 12.2 Å². The molecule has 1 aromatic heterocycles. The van der Waals surface area contributed by atoms with E-state index in [9.17, 15) is 4.79 Å². The molecule has 2 aliphatic rings. The van der Waals surface area contributed by atoms with Gasteiger partial charge in [0.1, 0.15) is 0 Å². The molecule has 0 amide bonds. The number of ketones is 1. The average molecular weight is 275 g/mol. The molecule has 0 saturated carbocycles. The molecule has 4 nitrogen and oxygen atoms in total. The second kappa shape index (κ2) is 5.70. The highest BCUT2D eigenvalue weighted by molar-refractivity contribution is 5.96. The van der Waals surface area contributed by atoms with Gasteiger partial charge in [0.15, 0.2) is 5.78 Å². The summed E-state index contributed by atoms with van der Waals surface area (Å²) < 4.78 is 1.92. The van der Waals surface area contributed by atoms with E-state index in [0.717, 1.165) is 18.8 Å². The summed E-state index contributed by atoms with van der Waals surface area (Å²) in [7, 11) is 1.94. The molecule has 0 bridgehead atoms. The smallest absolute Gasteiger partial charge is 0.193 e. The molecule has 0 N–H and O–H groups in total. The van der Waals surface area contributed by atoms with Crippen LogP contribution in [0.15, 0.2) is 18.3 Å². The van der Waals surface area contributed by atoms with Crippen molar-refractivity contribution in [3.05, 3.63) is 24.0 Å². The second-order valence-corrected chi connectivity index (χ2v) is 6.35. The van der Waals surface area contributed by atoms with Crippen molar-refractivity contribution in [3.63, 3.8) is 0 Å². The van der Waals surface area contributed by atoms with Crippen LogP contribution in [0.4, 0.5) is 0 Å². The first-order valence-electron chi connectivity index (χ1n) is 7.78. The number of rotatable bonds is 3. The summed E-state index contributed by atoms with van der Waals surface area (Å²) in [6.45, 7) is 6.23. The Morgan fingerprint density at radius 2 is 2.20 bits per heavy atom. The quantitative estimate of drug-likeness (QED) is 0.787. The van der Waals surface area contributed by atoms with Crippen LogP contribution in [0.2, 0.25) is 0 Å². The number of piperidine rings is 1. The Kier molecular flexibility index (Phi) is 3.94. The van der Waals surface area contributed by atoms with Gasteiger partial charge in [-0.05, 0) is 38.4 Å². The third kappa shape index (κ3) is 2.67. The van der Waals surface area contributed by atoms with Crippen molar-refractivity contribution in [2.75, 3.05) is 26.2 Å². The van der Waals surface area contributed by atoms with Gasteiger partial charge in [-0.2, -0.15) is 0 Å². The molecule has 3 heterocycles. The maximum atomic E-state index is 12.4. The van der Waals surface area contributed by atoms with Gasteiger partial charge in [-0.25, -0.2) is 0 Å². The maximum absolute atomic E-state index is 12.4. The summed E-state index contributed by atoms with van der Waals surface area (Å²) in [5.74, 6) is 0.244. The monoisotopic (exact) mass is 275 g/mol. The SMILES string of the molecule is CC1CN2CCCCC2CN1CC(=O)c1cccn1C. The van der Waals surface area contributed by atoms with E-state index in [1.807, 2.05) is 29.9 Å². The number of hydrogen-bond acceptors (Lipinski definition) is 3. The molecule has 2 fully saturated rings. The normalized spacial score (nSPS) is 28.3. The van der Waals surface area contributed by atoms with Crippen molar-refractivity contribution < 1.29 is 4.79 Å². The Labute approximate surface area is 121 Å². The summed E-state index contributed by atoms with van der Waals surface area (Å²) in [5, 5.41) is 0. The number of aromatic nitrogens is 1. The Morgan fingerprint density at radius 1 is 1.35 bits per heavy atom. The first-order chi connectivity index (χ1) is 9.65. The second-order valence-electron chi connectivity index (χ2n) is 6.35. The fourth-order valence-corrected chi connectivity index (χ4v) is 3.65. The van der Waals surface area contributed by atoms with Crippen molar-refractivity contribution in [1.82, 2.24) is 14.4 Å². The van der Waals surface area contributed by atoms with E-state index in [4.69, 9.17) is 0 Å². The van der Waals surface area contributed by atoms with E-state index in [2.05, 4.69) is 16.7 Å². The van der Waals surface area contributed by atoms with Crippen LogP contribution in [0, 0.1) is 0 Å². The van der Waals surface area contributed by atoms with Crippen LogP contribution in [-0.4, -0.2) is 58.4 Å². The van der Waals surface area contributed by atoms with Crippen LogP contribution < -0.4 is 0 Å². The molecule has 4 heteroatoms. The number of carbonyl (C=O) groups is 1. The fourth-order valence-electron chi connectivity index (χ4n) is 3.65. The van der Waals surface area contributed by atoms with Gasteiger partial charge in [0.25, 0.3) is 0 Å². The minimum atomic E-state index is 0.244. The summed E-state index contributed by atoms with van der Waals surface area (Å²) in [6.07, 6.45) is 5.91. The molecular formula is C16H25N3O. The highest BCUT2D eigenvalue weighted by Gasteiger charge is 2.33. The van der Waals surface area contributed by atoms with E-state index in [0.29, 0.717) is 18.6 Å². The van der Waals surface area contributed by atoms with Gasteiger partial charge in [-0.15, -0.1) is 0 Å². The first-order valence-corrected chi connectivity index (χ1v) is 7.78. The topological polar surface area (TPSA) is 28.5 Å². The largest absolute Gasteiger partial charge is 0.348 e. The molecule has 2 saturated heterocycles. The standard InChI is InChI=1S/C16H25N3O/c1-13-10-18-9-4-3-6-14(18)11-19(13)12-16(20)15-7-5-8-17(15)2/h5,7-8,13-14H,3-4,6,9-12H2,1-2H3. The number of Topliss-reactive ketones (excluding diaryl/α,β-unsaturated/α-hetero) is 1. The molecule has 1 aromatic rings. The Hall–Kier alpha value is -1.13. The average Bonchev–Trinajstić information content (AvgIpc) is 2.86. The van der Waals surface area contributed by atoms with Crippen LogP contribution in [0.1, 0.15) is 36.7 Å². The van der Waals surface area contributed by atoms with Crippen LogP contribution in [0.5, 0.6) is 0 Å². The molecule has 0 radical (unpaired) electrons. The Bertz CT molecular complexity index is 482. The number of aryl methyl sites for hydroxylation is 1. The van der Waals surface area contributed by atoms with Crippen LogP contribution in [0.25, 0.3) is 0 Å². The van der Waals surface area contributed by atoms with E-state index >= 15 is 0 Å². The molecule has 0 spiro atoms. The molecule has 0 aliphatic carbocycles. The molecule has 2 atom stereocenters. The summed E-state index contributed by atoms with van der Waals surface area (Å²) in [6, 6.07) is 5.01. The van der Waals surface area contributed by atoms with Crippen LogP contribution in [0.3, 0.4) is 0 Å². The molecule has 110 valence electrons. The van der Waals surface area contributed by atoms with E-state index in [1.54, 1.807) is 0 Å². The summed E-state index contributed by atoms with van der Waals surface area (Å²) in [5.41, 5.74) is 0.822. The minimum Gasteiger partial charge on any atom is -0.348 e. The highest BCUT2D eigenvalue weighted by atomic mass is 16.1. The van der Waals surface area contributed by atoms with Gasteiger partial charge in [-0.3, -0.25) is 14.6 Å². The van der Waals surface area contributed by atoms with E-state index in [-0.39, 0.29) is 5.78 Å². The third-order valence-electron chi connectivity index (χ3n) is 4.89. The summed E-state index contributed by atoms with van der Waals surface area (Å²) >= 11 is 0. The Balaban J connectivity index is 1.65. The predicted octanol–water partition coefficient (Wildman–Crippen LogP) is 1.77. The molecule has 0 aromatic carbocycles. The van der Waals surface area contributed by atoms with Crippen molar-refractivity contribution in [2.45, 2.75) is 38.3 Å². The molecule has 2 unspecified atom stereocenters. The molecule has 3 rings (SSSR count). The highest BCUT2D eigenvalue weighted by Crippen LogP contribution is 2.24. The van der Waals surface area contributed by atoms with Crippen LogP contribution >= 0.6 is 0 Å². The Morgan fingerprint density at radius 3 is 2.95 bits per heavy atom. The number of piperazine rings is 1. The van der Waals surface area contributed by atoms with Crippen LogP contribution in [-0.2, 0) is 7.05 Å². The van der Waals surface area contributed by atoms with Crippen molar-refractivity contribution in [3.8, 4) is 0 Å². The predicted molar refractivity (Wildman–Crippen MR) is 80.0 cm³/mol. The fraction of sp³-hybridized carbons (Fsp3) is 0.688. The number of carbonyl (C=O) groups excluding carboxylic acids is 1. The maximum Gasteiger partial charge on any atom is 0.193 e. The van der Waals surface area contributed by atoms with Gasteiger partial charge >= 0.3 is 0 Å². The first kappa shape index (κ1) is 13.8. The van der Waals surface area contributed by atoms with Crippen molar-refractivity contribution in [1.29, 1.82) is 0 Å². The molecular weight excluding hydrogens is 250 g/mol. The molecule has 20 heavy (non-hydrogen) atoms. The lowest BCUT2D eigenvalue weighted by Crippen LogP contribution is -2.59. The van der Waals surface area contributed by atoms with E-state index in [1.165, 1.54) is 25.8 Å². The summed E-state index contributed by atoms with van der Waals surface area (Å²) in [4.78, 5) is 17.4. The lowest BCUT2D eigenvalue weighted by molar-refractivity contribution is 0.0165. The number of hydrogen-bond donors (Lipinski definition) is 0. The van der Waals surface area contributed by atoms with E-state index < -0.39 is 0 Å². The molecule has 2 aliphatic heterocycles. The zero-order valence-corrected chi connectivity index (χ0v) is 12.6.